The average Bonchev–Trinajstić information content (AvgIpc) is 3.22. The topological polar surface area (TPSA) is 68.0 Å². The van der Waals surface area contributed by atoms with Crippen molar-refractivity contribution in [1.82, 2.24) is 15.5 Å². The van der Waals surface area contributed by atoms with E-state index in [0.717, 1.165) is 30.3 Å². The maximum absolute atomic E-state index is 12.5. The Hall–Kier alpha value is -1.91. The first kappa shape index (κ1) is 13.1. The van der Waals surface area contributed by atoms with Crippen molar-refractivity contribution in [2.75, 3.05) is 0 Å². The Morgan fingerprint density at radius 1 is 1.55 bits per heavy atom. The van der Waals surface area contributed by atoms with E-state index in [1.165, 1.54) is 0 Å². The van der Waals surface area contributed by atoms with Gasteiger partial charge in [0.05, 0.1) is 16.6 Å². The van der Waals surface area contributed by atoms with Crippen LogP contribution in [0.25, 0.3) is 11.1 Å². The summed E-state index contributed by atoms with van der Waals surface area (Å²) in [4.78, 5) is 17.0. The Kier molecular flexibility index (Phi) is 3.20. The molecule has 1 amide bonds. The zero-order valence-electron chi connectivity index (χ0n) is 12.1. The van der Waals surface area contributed by atoms with Crippen LogP contribution in [0.2, 0.25) is 0 Å². The molecule has 2 aromatic rings. The number of aromatic nitrogens is 2. The third-order valence-electron chi connectivity index (χ3n) is 3.87. The number of hydrogen-bond acceptors (Lipinski definition) is 4. The van der Waals surface area contributed by atoms with E-state index in [0.29, 0.717) is 22.9 Å². The SMILES string of the molecule is CCC(C)NC(=O)c1cc(C2CC2)nc2onc(C)c12. The van der Waals surface area contributed by atoms with E-state index in [-0.39, 0.29) is 11.9 Å². The Balaban J connectivity index is 2.06. The summed E-state index contributed by atoms with van der Waals surface area (Å²) in [5.41, 5.74) is 2.77. The van der Waals surface area contributed by atoms with Crippen molar-refractivity contribution < 1.29 is 9.32 Å². The predicted molar refractivity (Wildman–Crippen MR) is 75.7 cm³/mol. The van der Waals surface area contributed by atoms with Gasteiger partial charge in [0.2, 0.25) is 0 Å². The van der Waals surface area contributed by atoms with Gasteiger partial charge in [0.25, 0.3) is 11.6 Å². The zero-order valence-corrected chi connectivity index (χ0v) is 12.1. The molecule has 0 radical (unpaired) electrons. The highest BCUT2D eigenvalue weighted by Gasteiger charge is 2.28. The lowest BCUT2D eigenvalue weighted by Crippen LogP contribution is -2.32. The standard InChI is InChI=1S/C15H19N3O2/c1-4-8(2)16-14(19)11-7-12(10-5-6-10)17-15-13(11)9(3)18-20-15/h7-8,10H,4-6H2,1-3H3,(H,16,19). The lowest BCUT2D eigenvalue weighted by atomic mass is 10.1. The van der Waals surface area contributed by atoms with Crippen LogP contribution in [0.15, 0.2) is 10.6 Å². The van der Waals surface area contributed by atoms with E-state index in [4.69, 9.17) is 4.52 Å². The van der Waals surface area contributed by atoms with Gasteiger partial charge in [-0.3, -0.25) is 4.79 Å². The summed E-state index contributed by atoms with van der Waals surface area (Å²) in [5, 5.41) is 7.68. The van der Waals surface area contributed by atoms with Crippen LogP contribution in [0, 0.1) is 6.92 Å². The summed E-state index contributed by atoms with van der Waals surface area (Å²) in [6.07, 6.45) is 3.17. The number of amides is 1. The predicted octanol–water partition coefficient (Wildman–Crippen LogP) is 2.94. The van der Waals surface area contributed by atoms with Crippen molar-refractivity contribution in [1.29, 1.82) is 0 Å². The van der Waals surface area contributed by atoms with Crippen LogP contribution < -0.4 is 5.32 Å². The quantitative estimate of drug-likeness (QED) is 0.930. The van der Waals surface area contributed by atoms with Gasteiger partial charge >= 0.3 is 0 Å². The highest BCUT2D eigenvalue weighted by Crippen LogP contribution is 2.40. The lowest BCUT2D eigenvalue weighted by molar-refractivity contribution is 0.0940. The van der Waals surface area contributed by atoms with Crippen molar-refractivity contribution in [2.45, 2.75) is 52.0 Å². The van der Waals surface area contributed by atoms with Gasteiger partial charge in [-0.25, -0.2) is 4.98 Å². The average molecular weight is 273 g/mol. The van der Waals surface area contributed by atoms with Crippen molar-refractivity contribution in [2.24, 2.45) is 0 Å². The minimum atomic E-state index is -0.0695. The third-order valence-corrected chi connectivity index (χ3v) is 3.87. The first-order valence-corrected chi connectivity index (χ1v) is 7.18. The molecule has 106 valence electrons. The number of rotatable bonds is 4. The fourth-order valence-electron chi connectivity index (χ4n) is 2.28. The molecule has 5 heteroatoms. The molecule has 1 aliphatic carbocycles. The van der Waals surface area contributed by atoms with Gasteiger partial charge in [-0.15, -0.1) is 0 Å². The first-order chi connectivity index (χ1) is 9.60. The van der Waals surface area contributed by atoms with Gasteiger partial charge in [-0.1, -0.05) is 12.1 Å². The second kappa shape index (κ2) is 4.89. The molecule has 0 aromatic carbocycles. The lowest BCUT2D eigenvalue weighted by Gasteiger charge is -2.12. The monoisotopic (exact) mass is 273 g/mol. The fourth-order valence-corrected chi connectivity index (χ4v) is 2.28. The van der Waals surface area contributed by atoms with E-state index >= 15 is 0 Å². The first-order valence-electron chi connectivity index (χ1n) is 7.18. The summed E-state index contributed by atoms with van der Waals surface area (Å²) < 4.78 is 5.25. The molecule has 0 bridgehead atoms. The van der Waals surface area contributed by atoms with Crippen molar-refractivity contribution in [3.8, 4) is 0 Å². The normalized spacial score (nSPS) is 16.4. The van der Waals surface area contributed by atoms with Crippen LogP contribution in [0.3, 0.4) is 0 Å². The highest BCUT2D eigenvalue weighted by atomic mass is 16.5. The van der Waals surface area contributed by atoms with E-state index < -0.39 is 0 Å². The molecule has 5 nitrogen and oxygen atoms in total. The summed E-state index contributed by atoms with van der Waals surface area (Å²) in [6.45, 7) is 5.89. The number of hydrogen-bond donors (Lipinski definition) is 1. The Morgan fingerprint density at radius 2 is 2.30 bits per heavy atom. The molecule has 0 spiro atoms. The number of nitrogens with one attached hydrogen (secondary N) is 1. The minimum Gasteiger partial charge on any atom is -0.350 e. The van der Waals surface area contributed by atoms with E-state index in [1.54, 1.807) is 0 Å². The van der Waals surface area contributed by atoms with Gasteiger partial charge < -0.3 is 9.84 Å². The van der Waals surface area contributed by atoms with Crippen LogP contribution in [-0.4, -0.2) is 22.1 Å². The number of carbonyl (C=O) groups excluding carboxylic acids is 1. The van der Waals surface area contributed by atoms with Crippen LogP contribution in [-0.2, 0) is 0 Å². The van der Waals surface area contributed by atoms with Crippen LogP contribution in [0.4, 0.5) is 0 Å². The summed E-state index contributed by atoms with van der Waals surface area (Å²) >= 11 is 0. The smallest absolute Gasteiger partial charge is 0.259 e. The molecule has 20 heavy (non-hydrogen) atoms. The van der Waals surface area contributed by atoms with Crippen molar-refractivity contribution in [3.05, 3.63) is 23.0 Å². The largest absolute Gasteiger partial charge is 0.350 e. The molecule has 1 aliphatic rings. The number of pyridine rings is 1. The molecule has 3 rings (SSSR count). The van der Waals surface area contributed by atoms with Gasteiger partial charge in [0.15, 0.2) is 0 Å². The molecule has 2 heterocycles. The second-order valence-electron chi connectivity index (χ2n) is 5.60. The van der Waals surface area contributed by atoms with Gasteiger partial charge in [-0.2, -0.15) is 0 Å². The molecule has 0 aliphatic heterocycles. The summed E-state index contributed by atoms with van der Waals surface area (Å²) in [5.74, 6) is 0.403. The van der Waals surface area contributed by atoms with Crippen LogP contribution in [0.5, 0.6) is 0 Å². The van der Waals surface area contributed by atoms with E-state index in [9.17, 15) is 4.79 Å². The van der Waals surface area contributed by atoms with Gasteiger partial charge in [0.1, 0.15) is 0 Å². The highest BCUT2D eigenvalue weighted by molar-refractivity contribution is 6.06. The number of nitrogens with zero attached hydrogens (tertiary/aromatic N) is 2. The van der Waals surface area contributed by atoms with Crippen LogP contribution >= 0.6 is 0 Å². The molecular weight excluding hydrogens is 254 g/mol. The number of aryl methyl sites for hydroxylation is 1. The molecule has 1 unspecified atom stereocenters. The molecule has 1 N–H and O–H groups in total. The molecule has 1 saturated carbocycles. The maximum Gasteiger partial charge on any atom is 0.259 e. The summed E-state index contributed by atoms with van der Waals surface area (Å²) in [7, 11) is 0. The zero-order chi connectivity index (χ0) is 14.3. The number of fused-ring (bicyclic) bond motifs is 1. The minimum absolute atomic E-state index is 0.0695. The van der Waals surface area contributed by atoms with Crippen molar-refractivity contribution >= 4 is 17.0 Å². The summed E-state index contributed by atoms with van der Waals surface area (Å²) in [6, 6.07) is 2.05. The Bertz CT molecular complexity index is 658. The van der Waals surface area contributed by atoms with Crippen LogP contribution in [0.1, 0.15) is 60.8 Å². The third kappa shape index (κ3) is 2.28. The molecular formula is C15H19N3O2. The fraction of sp³-hybridized carbons (Fsp3) is 0.533. The van der Waals surface area contributed by atoms with Gasteiger partial charge in [-0.05, 0) is 39.2 Å². The molecule has 0 saturated heterocycles. The number of carbonyl (C=O) groups is 1. The Labute approximate surface area is 117 Å². The van der Waals surface area contributed by atoms with Gasteiger partial charge in [0, 0.05) is 17.7 Å². The maximum atomic E-state index is 12.5. The Morgan fingerprint density at radius 3 is 2.95 bits per heavy atom. The molecule has 2 aromatic heterocycles. The molecule has 1 atom stereocenters. The second-order valence-corrected chi connectivity index (χ2v) is 5.60. The molecule has 1 fully saturated rings. The van der Waals surface area contributed by atoms with Crippen molar-refractivity contribution in [3.63, 3.8) is 0 Å². The van der Waals surface area contributed by atoms with E-state index in [1.807, 2.05) is 26.8 Å². The van der Waals surface area contributed by atoms with E-state index in [2.05, 4.69) is 15.5 Å².